The van der Waals surface area contributed by atoms with Crippen LogP contribution in [0.15, 0.2) is 0 Å². The van der Waals surface area contributed by atoms with Crippen molar-refractivity contribution in [2.75, 3.05) is 39.5 Å². The second-order valence-electron chi connectivity index (χ2n) is 9.16. The Bertz CT molecular complexity index is 944. The Labute approximate surface area is 257 Å². The summed E-state index contributed by atoms with van der Waals surface area (Å²) in [6.07, 6.45) is -2.78. The lowest BCUT2D eigenvalue weighted by atomic mass is 10.3. The van der Waals surface area contributed by atoms with Crippen LogP contribution in [0.5, 0.6) is 0 Å². The quantitative estimate of drug-likeness (QED) is 0.0981. The van der Waals surface area contributed by atoms with Gasteiger partial charge in [-0.15, -0.1) is 0 Å². The minimum atomic E-state index is -1.11. The molecule has 0 aliphatic carbocycles. The van der Waals surface area contributed by atoms with Crippen molar-refractivity contribution < 1.29 is 62.0 Å². The van der Waals surface area contributed by atoms with Crippen molar-refractivity contribution in [1.29, 1.82) is 0 Å². The second kappa shape index (κ2) is 23.5. The van der Waals surface area contributed by atoms with Gasteiger partial charge in [-0.2, -0.15) is 0 Å². The highest BCUT2D eigenvalue weighted by molar-refractivity contribution is 5.74. The van der Waals surface area contributed by atoms with Gasteiger partial charge in [-0.25, -0.2) is 10.2 Å². The van der Waals surface area contributed by atoms with Crippen LogP contribution in [0.3, 0.4) is 0 Å². The molecule has 0 aromatic carbocycles. The predicted molar refractivity (Wildman–Crippen MR) is 152 cm³/mol. The molecule has 0 fully saturated rings. The fraction of sp³-hybridized carbons (Fsp3) is 0.750. The third kappa shape index (κ3) is 18.6. The number of esters is 6. The third-order valence-corrected chi connectivity index (χ3v) is 5.54. The molecule has 0 saturated heterocycles. The maximum absolute atomic E-state index is 13.3. The third-order valence-electron chi connectivity index (χ3n) is 5.54. The first-order valence-electron chi connectivity index (χ1n) is 14.8. The van der Waals surface area contributed by atoms with Crippen LogP contribution in [-0.4, -0.2) is 105 Å². The maximum Gasteiger partial charge on any atom is 0.331 e. The molecule has 0 aliphatic rings. The fourth-order valence-corrected chi connectivity index (χ4v) is 3.00. The number of carbonyl (C=O) groups excluding carboxylic acids is 7. The molecule has 3 atom stereocenters. The zero-order chi connectivity index (χ0) is 33.5. The zero-order valence-corrected chi connectivity index (χ0v) is 26.5. The average Bonchev–Trinajstić information content (AvgIpc) is 3.03. The number of hydrogen-bond donors (Lipinski definition) is 2. The number of carbonyl (C=O) groups is 7. The van der Waals surface area contributed by atoms with Crippen molar-refractivity contribution in [3.8, 4) is 0 Å². The van der Waals surface area contributed by atoms with Crippen molar-refractivity contribution in [2.24, 2.45) is 0 Å². The molecule has 16 heteroatoms. The van der Waals surface area contributed by atoms with Gasteiger partial charge in [0.1, 0.15) is 25.9 Å². The summed E-state index contributed by atoms with van der Waals surface area (Å²) in [7, 11) is 0. The first kappa shape index (κ1) is 40.1. The molecular formula is C28H47N3O13. The standard InChI is InChI=1S/C28H47N3O13/c1-7-22(32)39-16-19(42-25(35)10-4)13-29-28(38)31(15-21(44-27(37)12-6)18-41-24(34)9-3)30-14-20(43-26(36)11-5)17-40-23(33)8-2/h19-21,30H,7-18H2,1-6H3,(H,29,38). The van der Waals surface area contributed by atoms with Gasteiger partial charge in [0, 0.05) is 38.5 Å². The van der Waals surface area contributed by atoms with E-state index in [0.29, 0.717) is 0 Å². The highest BCUT2D eigenvalue weighted by Crippen LogP contribution is 2.05. The van der Waals surface area contributed by atoms with E-state index in [4.69, 9.17) is 28.4 Å². The van der Waals surface area contributed by atoms with Crippen LogP contribution in [0.25, 0.3) is 0 Å². The molecule has 0 radical (unpaired) electrons. The van der Waals surface area contributed by atoms with E-state index in [9.17, 15) is 33.6 Å². The minimum Gasteiger partial charge on any atom is -0.462 e. The Morgan fingerprint density at radius 3 is 1.23 bits per heavy atom. The molecule has 2 N–H and O–H groups in total. The van der Waals surface area contributed by atoms with Crippen LogP contribution in [0, 0.1) is 0 Å². The molecule has 2 amide bonds. The van der Waals surface area contributed by atoms with E-state index in [1.807, 2.05) is 0 Å². The molecule has 0 heterocycles. The highest BCUT2D eigenvalue weighted by Gasteiger charge is 2.27. The van der Waals surface area contributed by atoms with Gasteiger partial charge in [0.15, 0.2) is 12.2 Å². The van der Waals surface area contributed by atoms with Crippen LogP contribution in [0.1, 0.15) is 80.1 Å². The first-order valence-corrected chi connectivity index (χ1v) is 14.8. The lowest BCUT2D eigenvalue weighted by Crippen LogP contribution is -2.56. The number of nitrogens with zero attached hydrogens (tertiary/aromatic N) is 1. The Balaban J connectivity index is 5.97. The van der Waals surface area contributed by atoms with Crippen molar-refractivity contribution in [3.63, 3.8) is 0 Å². The first-order chi connectivity index (χ1) is 20.9. The van der Waals surface area contributed by atoms with Crippen molar-refractivity contribution in [3.05, 3.63) is 0 Å². The number of amides is 2. The largest absolute Gasteiger partial charge is 0.462 e. The Morgan fingerprint density at radius 2 is 0.841 bits per heavy atom. The van der Waals surface area contributed by atoms with Crippen molar-refractivity contribution >= 4 is 41.8 Å². The van der Waals surface area contributed by atoms with Gasteiger partial charge in [-0.3, -0.25) is 33.8 Å². The van der Waals surface area contributed by atoms with E-state index in [0.717, 1.165) is 5.01 Å². The molecule has 3 unspecified atom stereocenters. The van der Waals surface area contributed by atoms with E-state index >= 15 is 0 Å². The molecule has 0 saturated carbocycles. The summed E-state index contributed by atoms with van der Waals surface area (Å²) < 4.78 is 31.3. The van der Waals surface area contributed by atoms with Crippen LogP contribution in [-0.2, 0) is 57.2 Å². The molecule has 0 aromatic heterocycles. The molecule has 0 bridgehead atoms. The van der Waals surface area contributed by atoms with Crippen LogP contribution in [0.4, 0.5) is 4.79 Å². The van der Waals surface area contributed by atoms with Crippen LogP contribution < -0.4 is 10.7 Å². The number of ether oxygens (including phenoxy) is 6. The summed E-state index contributed by atoms with van der Waals surface area (Å²) in [4.78, 5) is 84.4. The molecular weight excluding hydrogens is 586 g/mol. The lowest BCUT2D eigenvalue weighted by Gasteiger charge is -2.30. The predicted octanol–water partition coefficient (Wildman–Crippen LogP) is 1.33. The lowest BCUT2D eigenvalue weighted by molar-refractivity contribution is -0.161. The molecule has 16 nitrogen and oxygen atoms in total. The molecule has 44 heavy (non-hydrogen) atoms. The van der Waals surface area contributed by atoms with Crippen LogP contribution >= 0.6 is 0 Å². The van der Waals surface area contributed by atoms with Gasteiger partial charge in [0.05, 0.1) is 19.6 Å². The topological polar surface area (TPSA) is 202 Å². The molecule has 0 rings (SSSR count). The van der Waals surface area contributed by atoms with Gasteiger partial charge < -0.3 is 33.7 Å². The van der Waals surface area contributed by atoms with E-state index < -0.39 is 60.2 Å². The molecule has 0 spiro atoms. The van der Waals surface area contributed by atoms with E-state index in [1.165, 1.54) is 0 Å². The van der Waals surface area contributed by atoms with Gasteiger partial charge in [0.2, 0.25) is 0 Å². The van der Waals surface area contributed by atoms with E-state index in [1.54, 1.807) is 41.5 Å². The molecule has 252 valence electrons. The van der Waals surface area contributed by atoms with Gasteiger partial charge in [-0.05, 0) is 0 Å². The second-order valence-corrected chi connectivity index (χ2v) is 9.16. The Morgan fingerprint density at radius 1 is 0.500 bits per heavy atom. The van der Waals surface area contributed by atoms with Crippen molar-refractivity contribution in [1.82, 2.24) is 15.8 Å². The summed E-state index contributed by atoms with van der Waals surface area (Å²) in [5, 5.41) is 3.54. The maximum atomic E-state index is 13.3. The van der Waals surface area contributed by atoms with Gasteiger partial charge in [-0.1, -0.05) is 41.5 Å². The summed E-state index contributed by atoms with van der Waals surface area (Å²) in [6.45, 7) is 7.66. The summed E-state index contributed by atoms with van der Waals surface area (Å²) in [6, 6.07) is -0.810. The SMILES string of the molecule is CCC(=O)OCC(CNC(=O)N(CC(COC(=O)CC)OC(=O)CC)NCC(COC(=O)CC)OC(=O)CC)OC(=O)CC. The fourth-order valence-electron chi connectivity index (χ4n) is 3.00. The monoisotopic (exact) mass is 633 g/mol. The number of nitrogens with one attached hydrogen (secondary N) is 2. The molecule has 0 aliphatic heterocycles. The number of hydrogen-bond acceptors (Lipinski definition) is 14. The average molecular weight is 634 g/mol. The van der Waals surface area contributed by atoms with E-state index in [-0.39, 0.29) is 78.0 Å². The highest BCUT2D eigenvalue weighted by atomic mass is 16.6. The Kier molecular flexibility index (Phi) is 21.4. The summed E-state index contributed by atoms with van der Waals surface area (Å²) in [5.41, 5.74) is 2.78. The number of urea groups is 1. The zero-order valence-electron chi connectivity index (χ0n) is 26.5. The van der Waals surface area contributed by atoms with Crippen LogP contribution in [0.2, 0.25) is 0 Å². The summed E-state index contributed by atoms with van der Waals surface area (Å²) >= 11 is 0. The van der Waals surface area contributed by atoms with Gasteiger partial charge >= 0.3 is 41.8 Å². The number of rotatable bonds is 22. The van der Waals surface area contributed by atoms with E-state index in [2.05, 4.69) is 10.7 Å². The minimum absolute atomic E-state index is 0.0106. The normalized spacial score (nSPS) is 12.5. The van der Waals surface area contributed by atoms with Crippen molar-refractivity contribution in [2.45, 2.75) is 98.4 Å². The number of hydrazine groups is 1. The smallest absolute Gasteiger partial charge is 0.331 e. The Hall–Kier alpha value is -3.95. The molecule has 0 aromatic rings. The van der Waals surface area contributed by atoms with Gasteiger partial charge in [0.25, 0.3) is 0 Å². The summed E-state index contributed by atoms with van der Waals surface area (Å²) in [5.74, 6) is -3.40.